The van der Waals surface area contributed by atoms with Crippen molar-refractivity contribution in [3.63, 3.8) is 0 Å². The molecule has 7 nitrogen and oxygen atoms in total. The highest BCUT2D eigenvalue weighted by molar-refractivity contribution is 5.79. The molecule has 2 aromatic rings. The molecule has 2 aromatic heterocycles. The van der Waals surface area contributed by atoms with Crippen molar-refractivity contribution in [2.75, 3.05) is 13.1 Å². The first-order valence-corrected chi connectivity index (χ1v) is 9.61. The van der Waals surface area contributed by atoms with Gasteiger partial charge in [-0.1, -0.05) is 13.8 Å². The number of nitrogens with one attached hydrogen (secondary N) is 1. The van der Waals surface area contributed by atoms with E-state index >= 15 is 0 Å². The SMILES string of the molecule is Cc1nn(C)cc1CC(=O)N1C[C@H](c2nc(C(C)C)n[nH]2)[C@@H](C2CC2)C1. The Labute approximate surface area is 154 Å². The zero-order valence-electron chi connectivity index (χ0n) is 16.1. The zero-order valence-corrected chi connectivity index (χ0v) is 16.1. The van der Waals surface area contributed by atoms with Crippen LogP contribution in [0.5, 0.6) is 0 Å². The van der Waals surface area contributed by atoms with Crippen molar-refractivity contribution in [2.45, 2.75) is 51.9 Å². The van der Waals surface area contributed by atoms with Gasteiger partial charge in [0.25, 0.3) is 0 Å². The topological polar surface area (TPSA) is 79.7 Å². The lowest BCUT2D eigenvalue weighted by Crippen LogP contribution is -2.30. The number of aromatic amines is 1. The molecule has 26 heavy (non-hydrogen) atoms. The van der Waals surface area contributed by atoms with Crippen LogP contribution in [0.25, 0.3) is 0 Å². The van der Waals surface area contributed by atoms with Crippen LogP contribution in [0, 0.1) is 18.8 Å². The van der Waals surface area contributed by atoms with Crippen molar-refractivity contribution < 1.29 is 4.79 Å². The molecule has 4 rings (SSSR count). The molecule has 0 bridgehead atoms. The number of H-pyrrole nitrogens is 1. The van der Waals surface area contributed by atoms with Gasteiger partial charge in [-0.05, 0) is 31.6 Å². The molecule has 2 aliphatic rings. The van der Waals surface area contributed by atoms with Gasteiger partial charge in [0.15, 0.2) is 5.82 Å². The molecule has 3 heterocycles. The Kier molecular flexibility index (Phi) is 4.32. The van der Waals surface area contributed by atoms with Crippen LogP contribution in [-0.2, 0) is 18.3 Å². The van der Waals surface area contributed by atoms with E-state index in [0.29, 0.717) is 18.3 Å². The van der Waals surface area contributed by atoms with Crippen molar-refractivity contribution in [1.82, 2.24) is 29.9 Å². The molecule has 1 aliphatic carbocycles. The average Bonchev–Trinajstić information content (AvgIpc) is 3.02. The standard InChI is InChI=1S/C19H28N6O/c1-11(2)18-20-19(22-21-18)16-10-25(9-15(16)13-5-6-13)17(26)7-14-8-24(4)23-12(14)3/h8,11,13,15-16H,5-7,9-10H2,1-4H3,(H,20,21,22)/t15-,16+/m1/s1. The number of amides is 1. The van der Waals surface area contributed by atoms with E-state index in [-0.39, 0.29) is 11.8 Å². The first-order valence-electron chi connectivity index (χ1n) is 9.61. The number of rotatable bonds is 5. The maximum absolute atomic E-state index is 12.9. The molecule has 0 radical (unpaired) electrons. The van der Waals surface area contributed by atoms with Crippen molar-refractivity contribution in [3.05, 3.63) is 29.1 Å². The molecule has 1 amide bonds. The van der Waals surface area contributed by atoms with Crippen LogP contribution < -0.4 is 0 Å². The van der Waals surface area contributed by atoms with Gasteiger partial charge in [0.05, 0.1) is 12.1 Å². The van der Waals surface area contributed by atoms with E-state index in [1.807, 2.05) is 25.1 Å². The zero-order chi connectivity index (χ0) is 18.4. The summed E-state index contributed by atoms with van der Waals surface area (Å²) in [6, 6.07) is 0. The Bertz CT molecular complexity index is 803. The number of hydrogen-bond acceptors (Lipinski definition) is 4. The van der Waals surface area contributed by atoms with Crippen molar-refractivity contribution in [1.29, 1.82) is 0 Å². The predicted octanol–water partition coefficient (Wildman–Crippen LogP) is 2.16. The highest BCUT2D eigenvalue weighted by atomic mass is 16.2. The molecule has 1 saturated carbocycles. The maximum atomic E-state index is 12.9. The van der Waals surface area contributed by atoms with E-state index in [0.717, 1.165) is 41.9 Å². The molecule has 7 heteroatoms. The van der Waals surface area contributed by atoms with Gasteiger partial charge in [-0.3, -0.25) is 14.6 Å². The normalized spacial score (nSPS) is 23.2. The quantitative estimate of drug-likeness (QED) is 0.890. The Morgan fingerprint density at radius 1 is 1.35 bits per heavy atom. The van der Waals surface area contributed by atoms with Gasteiger partial charge >= 0.3 is 0 Å². The summed E-state index contributed by atoms with van der Waals surface area (Å²) >= 11 is 0. The summed E-state index contributed by atoms with van der Waals surface area (Å²) in [6.07, 6.45) is 4.92. The molecule has 0 spiro atoms. The van der Waals surface area contributed by atoms with Gasteiger partial charge in [0.2, 0.25) is 5.91 Å². The molecule has 140 valence electrons. The van der Waals surface area contributed by atoms with Crippen molar-refractivity contribution >= 4 is 5.91 Å². The van der Waals surface area contributed by atoms with Gasteiger partial charge in [0.1, 0.15) is 5.82 Å². The van der Waals surface area contributed by atoms with Crippen LogP contribution in [0.2, 0.25) is 0 Å². The predicted molar refractivity (Wildman–Crippen MR) is 97.7 cm³/mol. The average molecular weight is 356 g/mol. The first kappa shape index (κ1) is 17.2. The Hall–Kier alpha value is -2.18. The van der Waals surface area contributed by atoms with Gasteiger partial charge < -0.3 is 4.90 Å². The van der Waals surface area contributed by atoms with Crippen molar-refractivity contribution in [2.24, 2.45) is 18.9 Å². The molecular weight excluding hydrogens is 328 g/mol. The summed E-state index contributed by atoms with van der Waals surface area (Å²) in [7, 11) is 1.90. The van der Waals surface area contributed by atoms with E-state index in [2.05, 4.69) is 29.1 Å². The third-order valence-electron chi connectivity index (χ3n) is 5.79. The second-order valence-corrected chi connectivity index (χ2v) is 8.23. The summed E-state index contributed by atoms with van der Waals surface area (Å²) in [5.41, 5.74) is 1.96. The van der Waals surface area contributed by atoms with Crippen LogP contribution >= 0.6 is 0 Å². The molecule has 1 N–H and O–H groups in total. The highest BCUT2D eigenvalue weighted by Crippen LogP contribution is 2.47. The molecule has 2 fully saturated rings. The molecule has 0 aromatic carbocycles. The van der Waals surface area contributed by atoms with Crippen molar-refractivity contribution in [3.8, 4) is 0 Å². The van der Waals surface area contributed by atoms with E-state index in [4.69, 9.17) is 4.98 Å². The summed E-state index contributed by atoms with van der Waals surface area (Å²) in [5.74, 6) is 3.84. The van der Waals surface area contributed by atoms with E-state index in [1.165, 1.54) is 12.8 Å². The lowest BCUT2D eigenvalue weighted by molar-refractivity contribution is -0.129. The molecule has 1 aliphatic heterocycles. The highest BCUT2D eigenvalue weighted by Gasteiger charge is 2.45. The fourth-order valence-corrected chi connectivity index (χ4v) is 4.13. The largest absolute Gasteiger partial charge is 0.341 e. The molecule has 1 saturated heterocycles. The van der Waals surface area contributed by atoms with Gasteiger partial charge in [-0.25, -0.2) is 4.98 Å². The lowest BCUT2D eigenvalue weighted by Gasteiger charge is -2.16. The number of likely N-dealkylation sites (tertiary alicyclic amines) is 1. The number of hydrogen-bond donors (Lipinski definition) is 1. The summed E-state index contributed by atoms with van der Waals surface area (Å²) in [4.78, 5) is 19.7. The summed E-state index contributed by atoms with van der Waals surface area (Å²) in [5, 5.41) is 11.9. The van der Waals surface area contributed by atoms with E-state index < -0.39 is 0 Å². The van der Waals surface area contributed by atoms with Crippen LogP contribution in [0.1, 0.15) is 61.4 Å². The van der Waals surface area contributed by atoms with Gasteiger partial charge in [0, 0.05) is 43.7 Å². The van der Waals surface area contributed by atoms with Crippen LogP contribution in [0.15, 0.2) is 6.20 Å². The number of carbonyl (C=O) groups excluding carboxylic acids is 1. The van der Waals surface area contributed by atoms with Crippen LogP contribution in [0.3, 0.4) is 0 Å². The Morgan fingerprint density at radius 2 is 2.12 bits per heavy atom. The summed E-state index contributed by atoms with van der Waals surface area (Å²) < 4.78 is 1.78. The molecular formula is C19H28N6O. The Balaban J connectivity index is 1.50. The fraction of sp³-hybridized carbons (Fsp3) is 0.684. The number of nitrogens with zero attached hydrogens (tertiary/aromatic N) is 5. The molecule has 2 atom stereocenters. The smallest absolute Gasteiger partial charge is 0.227 e. The third kappa shape index (κ3) is 3.27. The minimum Gasteiger partial charge on any atom is -0.341 e. The second-order valence-electron chi connectivity index (χ2n) is 8.23. The monoisotopic (exact) mass is 356 g/mol. The van der Waals surface area contributed by atoms with Crippen LogP contribution in [-0.4, -0.2) is 48.9 Å². The minimum atomic E-state index is 0.192. The lowest BCUT2D eigenvalue weighted by atomic mass is 9.91. The number of aryl methyl sites for hydroxylation is 2. The number of carbonyl (C=O) groups is 1. The van der Waals surface area contributed by atoms with E-state index in [9.17, 15) is 4.79 Å². The van der Waals surface area contributed by atoms with E-state index in [1.54, 1.807) is 4.68 Å². The third-order valence-corrected chi connectivity index (χ3v) is 5.79. The Morgan fingerprint density at radius 3 is 2.69 bits per heavy atom. The molecule has 0 unspecified atom stereocenters. The maximum Gasteiger partial charge on any atom is 0.227 e. The minimum absolute atomic E-state index is 0.192. The fourth-order valence-electron chi connectivity index (χ4n) is 4.13. The van der Waals surface area contributed by atoms with Gasteiger partial charge in [-0.15, -0.1) is 0 Å². The second kappa shape index (κ2) is 6.52. The van der Waals surface area contributed by atoms with Gasteiger partial charge in [-0.2, -0.15) is 10.2 Å². The first-order chi connectivity index (χ1) is 12.4. The summed E-state index contributed by atoms with van der Waals surface area (Å²) in [6.45, 7) is 7.75. The number of aromatic nitrogens is 5. The van der Waals surface area contributed by atoms with Crippen LogP contribution in [0.4, 0.5) is 0 Å².